The van der Waals surface area contributed by atoms with Crippen molar-refractivity contribution in [3.8, 4) is 11.8 Å². The van der Waals surface area contributed by atoms with Crippen molar-refractivity contribution in [2.75, 3.05) is 18.4 Å². The van der Waals surface area contributed by atoms with Crippen LogP contribution >= 0.6 is 22.9 Å². The molecule has 0 spiro atoms. The van der Waals surface area contributed by atoms with Crippen LogP contribution in [0, 0.1) is 0 Å². The first-order valence-corrected chi connectivity index (χ1v) is 11.8. The van der Waals surface area contributed by atoms with Crippen molar-refractivity contribution in [3.63, 3.8) is 0 Å². The molecule has 0 aliphatic carbocycles. The van der Waals surface area contributed by atoms with Crippen molar-refractivity contribution in [2.24, 2.45) is 0 Å². The van der Waals surface area contributed by atoms with Gasteiger partial charge >= 0.3 is 0 Å². The molecule has 3 N–H and O–H groups in total. The summed E-state index contributed by atoms with van der Waals surface area (Å²) in [5.74, 6) is 0.720. The summed E-state index contributed by atoms with van der Waals surface area (Å²) in [6.45, 7) is 8.05. The van der Waals surface area contributed by atoms with E-state index in [1.807, 2.05) is 18.2 Å². The molecule has 0 radical (unpaired) electrons. The Bertz CT molecular complexity index is 1380. The molecule has 0 atom stereocenters. The fourth-order valence-electron chi connectivity index (χ4n) is 3.65. The molecular weight excluding hydrogens is 460 g/mol. The Kier molecular flexibility index (Phi) is 5.55. The summed E-state index contributed by atoms with van der Waals surface area (Å²) in [5.41, 5.74) is 2.34. The zero-order chi connectivity index (χ0) is 23.2. The molecule has 1 aliphatic rings. The van der Waals surface area contributed by atoms with Crippen LogP contribution in [0.1, 0.15) is 36.0 Å². The van der Waals surface area contributed by atoms with Gasteiger partial charge in [-0.15, -0.1) is 11.3 Å². The van der Waals surface area contributed by atoms with Crippen LogP contribution in [0.2, 0.25) is 5.28 Å². The Morgan fingerprint density at radius 2 is 1.97 bits per heavy atom. The minimum Gasteiger partial charge on any atom is -0.420 e. The minimum atomic E-state index is -0.0764. The highest BCUT2D eigenvalue weighted by Gasteiger charge is 2.22. The number of rotatable bonds is 4. The van der Waals surface area contributed by atoms with E-state index in [2.05, 4.69) is 46.7 Å². The highest BCUT2D eigenvalue weighted by Crippen LogP contribution is 2.41. The number of hydrogen-bond acceptors (Lipinski definition) is 8. The molecule has 1 aromatic carbocycles. The summed E-state index contributed by atoms with van der Waals surface area (Å²) in [6.07, 6.45) is 1.66. The van der Waals surface area contributed by atoms with Crippen molar-refractivity contribution >= 4 is 55.5 Å². The Labute approximate surface area is 199 Å². The summed E-state index contributed by atoms with van der Waals surface area (Å²) in [5, 5.41) is 11.8. The van der Waals surface area contributed by atoms with E-state index in [1.165, 1.54) is 11.3 Å². The first-order valence-electron chi connectivity index (χ1n) is 10.6. The quantitative estimate of drug-likeness (QED) is 0.361. The third kappa shape index (κ3) is 4.44. The highest BCUT2D eigenvalue weighted by molar-refractivity contribution is 7.21. The maximum Gasteiger partial charge on any atom is 0.263 e. The molecule has 0 saturated heterocycles. The van der Waals surface area contributed by atoms with E-state index in [-0.39, 0.29) is 16.7 Å². The van der Waals surface area contributed by atoms with E-state index >= 15 is 0 Å². The van der Waals surface area contributed by atoms with Gasteiger partial charge in [0.1, 0.15) is 4.88 Å². The molecule has 10 heteroatoms. The molecule has 8 nitrogen and oxygen atoms in total. The number of nitrogens with one attached hydrogen (secondary N) is 3. The monoisotopic (exact) mass is 482 g/mol. The maximum absolute atomic E-state index is 12.4. The van der Waals surface area contributed by atoms with Crippen LogP contribution in [0.15, 0.2) is 30.5 Å². The van der Waals surface area contributed by atoms with E-state index < -0.39 is 0 Å². The molecule has 0 fully saturated rings. The number of hydrogen-bond donors (Lipinski definition) is 3. The minimum absolute atomic E-state index is 0.0469. The van der Waals surface area contributed by atoms with Crippen LogP contribution in [0.5, 0.6) is 11.8 Å². The maximum atomic E-state index is 12.4. The first kappa shape index (κ1) is 21.8. The third-order valence-corrected chi connectivity index (χ3v) is 6.56. The number of pyridine rings is 1. The molecular formula is C23H23ClN6O2S. The zero-order valence-electron chi connectivity index (χ0n) is 18.5. The topological polar surface area (TPSA) is 101 Å². The highest BCUT2D eigenvalue weighted by atomic mass is 35.5. The molecule has 5 rings (SSSR count). The number of carbonyl (C=O) groups excluding carboxylic acids is 1. The number of ether oxygens (including phenoxy) is 1. The average Bonchev–Trinajstić information content (AvgIpc) is 3.05. The van der Waals surface area contributed by atoms with Crippen molar-refractivity contribution < 1.29 is 9.53 Å². The summed E-state index contributed by atoms with van der Waals surface area (Å²) in [4.78, 5) is 26.2. The lowest BCUT2D eigenvalue weighted by molar-refractivity contribution is 0.0962. The van der Waals surface area contributed by atoms with Gasteiger partial charge in [0, 0.05) is 58.5 Å². The standard InChI is InChI=1S/C23H23ClN6O2S/c1-23(2,3)28-11-12-10-27-22(24)30-21(12)32-16-7-4-13-14(29-16)5-6-15-17(13)18-19(33-15)20(31)26-9-8-25-18/h4-7,10,25,28H,8-9,11H2,1-3H3,(H,26,31). The normalized spacial score (nSPS) is 14.0. The van der Waals surface area contributed by atoms with Gasteiger partial charge in [-0.05, 0) is 50.6 Å². The van der Waals surface area contributed by atoms with E-state index in [4.69, 9.17) is 21.3 Å². The molecule has 1 aliphatic heterocycles. The Morgan fingerprint density at radius 3 is 2.79 bits per heavy atom. The van der Waals surface area contributed by atoms with Crippen molar-refractivity contribution in [3.05, 3.63) is 46.2 Å². The van der Waals surface area contributed by atoms with Gasteiger partial charge in [0.05, 0.1) is 11.2 Å². The first-order chi connectivity index (χ1) is 15.8. The third-order valence-electron chi connectivity index (χ3n) is 5.22. The van der Waals surface area contributed by atoms with E-state index in [1.54, 1.807) is 12.3 Å². The number of benzene rings is 1. The van der Waals surface area contributed by atoms with Gasteiger partial charge in [0.2, 0.25) is 17.0 Å². The molecule has 0 bridgehead atoms. The number of aromatic nitrogens is 3. The lowest BCUT2D eigenvalue weighted by atomic mass is 10.1. The summed E-state index contributed by atoms with van der Waals surface area (Å²) >= 11 is 7.51. The van der Waals surface area contributed by atoms with Crippen LogP contribution in [0.4, 0.5) is 5.69 Å². The van der Waals surface area contributed by atoms with E-state index in [9.17, 15) is 4.79 Å². The van der Waals surface area contributed by atoms with Gasteiger partial charge in [0.15, 0.2) is 0 Å². The van der Waals surface area contributed by atoms with Gasteiger partial charge < -0.3 is 20.7 Å². The Hall–Kier alpha value is -3.01. The number of halogens is 1. The molecule has 4 aromatic rings. The van der Waals surface area contributed by atoms with Crippen LogP contribution in [0.3, 0.4) is 0 Å². The number of amides is 1. The lowest BCUT2D eigenvalue weighted by Gasteiger charge is -2.21. The number of nitrogens with zero attached hydrogens (tertiary/aromatic N) is 3. The summed E-state index contributed by atoms with van der Waals surface area (Å²) in [7, 11) is 0. The second-order valence-corrected chi connectivity index (χ2v) is 10.2. The van der Waals surface area contributed by atoms with Gasteiger partial charge in [-0.3, -0.25) is 4.79 Å². The largest absolute Gasteiger partial charge is 0.420 e. The van der Waals surface area contributed by atoms with Crippen LogP contribution in [0.25, 0.3) is 21.0 Å². The molecule has 3 aromatic heterocycles. The molecule has 4 heterocycles. The van der Waals surface area contributed by atoms with Crippen LogP contribution < -0.4 is 20.7 Å². The lowest BCUT2D eigenvalue weighted by Crippen LogP contribution is -2.35. The molecule has 170 valence electrons. The number of thiophene rings is 1. The second kappa shape index (κ2) is 8.40. The van der Waals surface area contributed by atoms with Crippen LogP contribution in [-0.4, -0.2) is 39.5 Å². The van der Waals surface area contributed by atoms with E-state index in [0.717, 1.165) is 32.2 Å². The summed E-state index contributed by atoms with van der Waals surface area (Å²) in [6, 6.07) is 7.70. The summed E-state index contributed by atoms with van der Waals surface area (Å²) < 4.78 is 7.08. The van der Waals surface area contributed by atoms with Crippen molar-refractivity contribution in [1.82, 2.24) is 25.6 Å². The SMILES string of the molecule is CC(C)(C)NCc1cnc(Cl)nc1Oc1ccc2c(ccc3sc4c(c32)NCCNC4=O)n1. The fraction of sp³-hybridized carbons (Fsp3) is 0.304. The number of fused-ring (bicyclic) bond motifs is 5. The van der Waals surface area contributed by atoms with Gasteiger partial charge in [-0.1, -0.05) is 0 Å². The molecule has 0 unspecified atom stereocenters. The van der Waals surface area contributed by atoms with Gasteiger partial charge in [-0.25, -0.2) is 9.97 Å². The smallest absolute Gasteiger partial charge is 0.263 e. The fourth-order valence-corrected chi connectivity index (χ4v) is 4.89. The zero-order valence-corrected chi connectivity index (χ0v) is 20.0. The second-order valence-electron chi connectivity index (χ2n) is 8.82. The van der Waals surface area contributed by atoms with Crippen molar-refractivity contribution in [1.29, 1.82) is 0 Å². The predicted molar refractivity (Wildman–Crippen MR) is 132 cm³/mol. The predicted octanol–water partition coefficient (Wildman–Crippen LogP) is 4.73. The number of carbonyl (C=O) groups is 1. The number of anilines is 1. The van der Waals surface area contributed by atoms with E-state index in [0.29, 0.717) is 36.3 Å². The van der Waals surface area contributed by atoms with Crippen molar-refractivity contribution in [2.45, 2.75) is 32.9 Å². The molecule has 33 heavy (non-hydrogen) atoms. The molecule has 1 amide bonds. The Balaban J connectivity index is 1.52. The van der Waals surface area contributed by atoms with Gasteiger partial charge in [-0.2, -0.15) is 4.98 Å². The Morgan fingerprint density at radius 1 is 1.15 bits per heavy atom. The van der Waals surface area contributed by atoms with Gasteiger partial charge in [0.25, 0.3) is 5.91 Å². The molecule has 0 saturated carbocycles. The average molecular weight is 483 g/mol. The van der Waals surface area contributed by atoms with Crippen LogP contribution in [-0.2, 0) is 6.54 Å².